The molecule has 1 N–H and O–H groups in total. The van der Waals surface area contributed by atoms with Crippen LogP contribution in [0.15, 0.2) is 88.5 Å². The van der Waals surface area contributed by atoms with Crippen LogP contribution in [-0.2, 0) is 20.0 Å². The fraction of sp³-hybridized carbons (Fsp3) is 0.138. The van der Waals surface area contributed by atoms with Gasteiger partial charge < -0.3 is 5.32 Å². The Balaban J connectivity index is 1.41. The molecule has 42 heavy (non-hydrogen) atoms. The van der Waals surface area contributed by atoms with Crippen LogP contribution in [0.3, 0.4) is 0 Å². The van der Waals surface area contributed by atoms with Crippen LogP contribution < -0.4 is 16.6 Å². The van der Waals surface area contributed by atoms with Gasteiger partial charge in [-0.05, 0) is 61.0 Å². The number of nitrogens with one attached hydrogen (secondary N) is 1. The second-order valence-corrected chi connectivity index (χ2v) is 11.0. The number of para-hydroxylation sites is 1. The van der Waals surface area contributed by atoms with E-state index in [1.165, 1.54) is 37.4 Å². The Hall–Kier alpha value is -4.81. The van der Waals surface area contributed by atoms with E-state index in [4.69, 9.17) is 11.6 Å². The largest absolute Gasteiger partial charge is 0.351 e. The van der Waals surface area contributed by atoms with Gasteiger partial charge in [0.05, 0.1) is 11.4 Å². The van der Waals surface area contributed by atoms with E-state index < -0.39 is 5.69 Å². The molecule has 10 nitrogen and oxygen atoms in total. The first kappa shape index (κ1) is 27.4. The monoisotopic (exact) mass is 602 g/mol. The molecule has 13 heteroatoms. The van der Waals surface area contributed by atoms with Crippen LogP contribution in [0.25, 0.3) is 11.4 Å². The Labute approximate surface area is 247 Å². The van der Waals surface area contributed by atoms with Crippen molar-refractivity contribution in [1.29, 1.82) is 0 Å². The van der Waals surface area contributed by atoms with Gasteiger partial charge in [-0.25, -0.2) is 23.1 Å². The molecule has 6 rings (SSSR count). The third-order valence-corrected chi connectivity index (χ3v) is 7.85. The molecule has 3 heterocycles. The van der Waals surface area contributed by atoms with Crippen molar-refractivity contribution >= 4 is 33.8 Å². The van der Waals surface area contributed by atoms with Crippen LogP contribution in [0, 0.1) is 12.7 Å². The minimum absolute atomic E-state index is 0.0426. The summed E-state index contributed by atoms with van der Waals surface area (Å²) in [4.78, 5) is 27.8. The van der Waals surface area contributed by atoms with E-state index in [-0.39, 0.29) is 30.0 Å². The molecule has 0 aliphatic carbocycles. The SMILES string of the molecule is Cc1c(-n2c(Cc3ccc(Cl)cc3)nn(Cc3nnc(Nc4ccc(F)cc4)s3)c2=O)c(=O)n(-c2ccccc2)n1C. The zero-order valence-corrected chi connectivity index (χ0v) is 24.1. The average Bonchev–Trinajstić information content (AvgIpc) is 3.61. The quantitative estimate of drug-likeness (QED) is 0.267. The molecular formula is C29H24ClFN8O2S. The summed E-state index contributed by atoms with van der Waals surface area (Å²) in [6, 6.07) is 22.4. The van der Waals surface area contributed by atoms with Gasteiger partial charge in [0.2, 0.25) is 5.13 Å². The number of benzene rings is 3. The molecule has 0 saturated heterocycles. The smallest absolute Gasteiger partial charge is 0.330 e. The minimum atomic E-state index is -0.479. The van der Waals surface area contributed by atoms with Gasteiger partial charge >= 0.3 is 5.69 Å². The van der Waals surface area contributed by atoms with Gasteiger partial charge in [0.25, 0.3) is 5.56 Å². The predicted molar refractivity (Wildman–Crippen MR) is 160 cm³/mol. The first-order valence-corrected chi connectivity index (χ1v) is 14.1. The number of anilines is 2. The second-order valence-electron chi connectivity index (χ2n) is 9.54. The Bertz CT molecular complexity index is 1990. The standard InChI is InChI=1S/C29H24ClFN8O2S/c1-18-26(27(40)39(36(18)2)23-6-4-3-5-7-23)38-24(16-19-8-10-20(30)11-9-19)35-37(29(38)41)17-25-33-34-28(42-25)32-22-14-12-21(31)13-15-22/h3-15H,16-17H2,1-2H3,(H,32,34). The average molecular weight is 603 g/mol. The Morgan fingerprint density at radius 2 is 1.67 bits per heavy atom. The van der Waals surface area contributed by atoms with E-state index in [1.807, 2.05) is 42.5 Å². The maximum Gasteiger partial charge on any atom is 0.351 e. The number of aromatic nitrogens is 7. The highest BCUT2D eigenvalue weighted by atomic mass is 35.5. The van der Waals surface area contributed by atoms with Crippen LogP contribution in [0.5, 0.6) is 0 Å². The Morgan fingerprint density at radius 3 is 2.38 bits per heavy atom. The van der Waals surface area contributed by atoms with Gasteiger partial charge in [-0.15, -0.1) is 10.2 Å². The van der Waals surface area contributed by atoms with E-state index >= 15 is 0 Å². The first-order chi connectivity index (χ1) is 20.3. The van der Waals surface area contributed by atoms with E-state index in [0.717, 1.165) is 5.56 Å². The maximum absolute atomic E-state index is 13.9. The lowest BCUT2D eigenvalue weighted by Crippen LogP contribution is -2.29. The summed E-state index contributed by atoms with van der Waals surface area (Å²) in [5, 5.41) is 17.7. The van der Waals surface area contributed by atoms with Gasteiger partial charge in [0, 0.05) is 24.2 Å². The molecular weight excluding hydrogens is 579 g/mol. The number of rotatable bonds is 8. The van der Waals surface area contributed by atoms with Crippen LogP contribution in [0.4, 0.5) is 15.2 Å². The number of hydrogen-bond donors (Lipinski definition) is 1. The summed E-state index contributed by atoms with van der Waals surface area (Å²) in [6.45, 7) is 1.84. The molecule has 0 fully saturated rings. The topological polar surface area (TPSA) is 105 Å². The molecule has 0 aliphatic rings. The number of halogens is 2. The third kappa shape index (κ3) is 5.29. The minimum Gasteiger partial charge on any atom is -0.330 e. The lowest BCUT2D eigenvalue weighted by atomic mass is 10.1. The van der Waals surface area contributed by atoms with Crippen LogP contribution >= 0.6 is 22.9 Å². The molecule has 0 bridgehead atoms. The van der Waals surface area contributed by atoms with Gasteiger partial charge in [-0.2, -0.15) is 5.10 Å². The van der Waals surface area contributed by atoms with E-state index in [0.29, 0.717) is 38.1 Å². The molecule has 0 radical (unpaired) electrons. The highest BCUT2D eigenvalue weighted by Gasteiger charge is 2.25. The summed E-state index contributed by atoms with van der Waals surface area (Å²) < 4.78 is 19.2. The van der Waals surface area contributed by atoms with E-state index in [1.54, 1.807) is 42.9 Å². The predicted octanol–water partition coefficient (Wildman–Crippen LogP) is 4.86. The highest BCUT2D eigenvalue weighted by Crippen LogP contribution is 2.22. The van der Waals surface area contributed by atoms with Crippen molar-refractivity contribution in [2.75, 3.05) is 5.32 Å². The number of nitrogens with zero attached hydrogens (tertiary/aromatic N) is 7. The van der Waals surface area contributed by atoms with Gasteiger partial charge in [0.15, 0.2) is 0 Å². The summed E-state index contributed by atoms with van der Waals surface area (Å²) in [5.41, 5.74) is 2.20. The third-order valence-electron chi connectivity index (χ3n) is 6.78. The van der Waals surface area contributed by atoms with Gasteiger partial charge in [0.1, 0.15) is 28.9 Å². The Kier molecular flexibility index (Phi) is 7.31. The molecule has 0 aliphatic heterocycles. The molecule has 6 aromatic rings. The normalized spacial score (nSPS) is 11.2. The fourth-order valence-corrected chi connectivity index (χ4v) is 5.51. The van der Waals surface area contributed by atoms with Crippen molar-refractivity contribution in [1.82, 2.24) is 33.9 Å². The molecule has 212 valence electrons. The van der Waals surface area contributed by atoms with Crippen molar-refractivity contribution in [3.05, 3.63) is 133 Å². The van der Waals surface area contributed by atoms with Crippen molar-refractivity contribution in [2.24, 2.45) is 7.05 Å². The molecule has 0 amide bonds. The fourth-order valence-electron chi connectivity index (χ4n) is 4.64. The highest BCUT2D eigenvalue weighted by molar-refractivity contribution is 7.15. The lowest BCUT2D eigenvalue weighted by Gasteiger charge is -2.07. The summed E-state index contributed by atoms with van der Waals surface area (Å²) in [6.07, 6.45) is 0.284. The lowest BCUT2D eigenvalue weighted by molar-refractivity contribution is 0.628. The van der Waals surface area contributed by atoms with Crippen LogP contribution in [0.2, 0.25) is 5.02 Å². The van der Waals surface area contributed by atoms with Gasteiger partial charge in [-0.1, -0.05) is 53.3 Å². The zero-order chi connectivity index (χ0) is 29.4. The van der Waals surface area contributed by atoms with Crippen LogP contribution in [0.1, 0.15) is 22.1 Å². The van der Waals surface area contributed by atoms with Crippen molar-refractivity contribution in [3.63, 3.8) is 0 Å². The van der Waals surface area contributed by atoms with E-state index in [9.17, 15) is 14.0 Å². The number of hydrogen-bond acceptors (Lipinski definition) is 7. The molecule has 0 atom stereocenters. The van der Waals surface area contributed by atoms with Crippen molar-refractivity contribution in [3.8, 4) is 11.4 Å². The van der Waals surface area contributed by atoms with E-state index in [2.05, 4.69) is 20.6 Å². The van der Waals surface area contributed by atoms with Crippen molar-refractivity contribution < 1.29 is 4.39 Å². The Morgan fingerprint density at radius 1 is 0.952 bits per heavy atom. The molecule has 0 spiro atoms. The maximum atomic E-state index is 13.9. The summed E-state index contributed by atoms with van der Waals surface area (Å²) in [5.74, 6) is 0.0505. The van der Waals surface area contributed by atoms with Gasteiger partial charge in [-0.3, -0.25) is 9.48 Å². The van der Waals surface area contributed by atoms with Crippen LogP contribution in [-0.4, -0.2) is 33.9 Å². The molecule has 0 unspecified atom stereocenters. The molecule has 3 aromatic carbocycles. The summed E-state index contributed by atoms with van der Waals surface area (Å²) in [7, 11) is 1.78. The zero-order valence-electron chi connectivity index (χ0n) is 22.5. The first-order valence-electron chi connectivity index (χ1n) is 12.9. The molecule has 3 aromatic heterocycles. The molecule has 0 saturated carbocycles. The van der Waals surface area contributed by atoms with Crippen molar-refractivity contribution in [2.45, 2.75) is 19.9 Å². The second kappa shape index (κ2) is 11.2. The summed E-state index contributed by atoms with van der Waals surface area (Å²) >= 11 is 7.33.